The van der Waals surface area contributed by atoms with Crippen LogP contribution in [0.3, 0.4) is 0 Å². The van der Waals surface area contributed by atoms with Crippen molar-refractivity contribution in [1.29, 1.82) is 0 Å². The zero-order valence-corrected chi connectivity index (χ0v) is 14.4. The summed E-state index contributed by atoms with van der Waals surface area (Å²) in [6.07, 6.45) is 8.59. The van der Waals surface area contributed by atoms with Crippen molar-refractivity contribution in [3.63, 3.8) is 0 Å². The van der Waals surface area contributed by atoms with E-state index < -0.39 is 5.54 Å². The molecule has 23 heavy (non-hydrogen) atoms. The minimum atomic E-state index is -0.521. The summed E-state index contributed by atoms with van der Waals surface area (Å²) in [5.41, 5.74) is -0.581. The lowest BCUT2D eigenvalue weighted by Gasteiger charge is -2.56. The van der Waals surface area contributed by atoms with E-state index in [1.807, 2.05) is 6.92 Å². The smallest absolute Gasteiger partial charge is 0.326 e. The maximum absolute atomic E-state index is 12.6. The van der Waals surface area contributed by atoms with E-state index in [4.69, 9.17) is 9.47 Å². The number of carbonyl (C=O) groups is 2. The maximum atomic E-state index is 12.6. The Morgan fingerprint density at radius 2 is 2.00 bits per heavy atom. The van der Waals surface area contributed by atoms with Gasteiger partial charge in [0.1, 0.15) is 12.1 Å². The molecule has 2 heterocycles. The van der Waals surface area contributed by atoms with Crippen molar-refractivity contribution in [2.75, 3.05) is 13.2 Å². The normalized spacial score (nSPS) is 33.3. The number of esters is 2. The topological polar surface area (TPSA) is 55.8 Å². The highest BCUT2D eigenvalue weighted by Crippen LogP contribution is 2.51. The Morgan fingerprint density at radius 3 is 2.65 bits per heavy atom. The minimum Gasteiger partial charge on any atom is -0.466 e. The van der Waals surface area contributed by atoms with Crippen molar-refractivity contribution in [2.24, 2.45) is 0 Å². The van der Waals surface area contributed by atoms with E-state index in [0.717, 1.165) is 32.1 Å². The number of fused-ring (bicyclic) bond motifs is 2. The quantitative estimate of drug-likeness (QED) is 0.745. The monoisotopic (exact) mass is 323 g/mol. The molecule has 0 aromatic heterocycles. The van der Waals surface area contributed by atoms with Gasteiger partial charge in [-0.25, -0.2) is 0 Å². The average molecular weight is 323 g/mol. The number of morpholine rings is 1. The van der Waals surface area contributed by atoms with E-state index >= 15 is 0 Å². The van der Waals surface area contributed by atoms with Crippen molar-refractivity contribution in [2.45, 2.75) is 88.8 Å². The van der Waals surface area contributed by atoms with Crippen LogP contribution >= 0.6 is 0 Å². The number of carbonyl (C=O) groups excluding carboxylic acids is 2. The molecule has 130 valence electrons. The molecule has 3 fully saturated rings. The van der Waals surface area contributed by atoms with Gasteiger partial charge in [0.2, 0.25) is 0 Å². The first kappa shape index (κ1) is 16.7. The fourth-order valence-electron chi connectivity index (χ4n) is 5.14. The molecule has 2 atom stereocenters. The average Bonchev–Trinajstić information content (AvgIpc) is 2.94. The number of cyclic esters (lactones) is 1. The van der Waals surface area contributed by atoms with Crippen LogP contribution in [0.1, 0.15) is 71.6 Å². The molecule has 0 bridgehead atoms. The molecule has 0 radical (unpaired) electrons. The zero-order valence-electron chi connectivity index (χ0n) is 14.4. The molecule has 1 spiro atoms. The largest absolute Gasteiger partial charge is 0.466 e. The molecule has 2 saturated heterocycles. The fourth-order valence-corrected chi connectivity index (χ4v) is 5.14. The van der Waals surface area contributed by atoms with Gasteiger partial charge in [0.15, 0.2) is 0 Å². The van der Waals surface area contributed by atoms with E-state index in [-0.39, 0.29) is 23.5 Å². The second kappa shape index (κ2) is 6.42. The van der Waals surface area contributed by atoms with E-state index in [2.05, 4.69) is 11.8 Å². The van der Waals surface area contributed by atoms with E-state index in [1.54, 1.807) is 0 Å². The summed E-state index contributed by atoms with van der Waals surface area (Å²) in [4.78, 5) is 27.1. The molecule has 3 aliphatic rings. The highest BCUT2D eigenvalue weighted by atomic mass is 16.5. The molecular formula is C18H29NO4. The number of nitrogens with zero attached hydrogens (tertiary/aromatic N) is 1. The first-order chi connectivity index (χ1) is 11.1. The van der Waals surface area contributed by atoms with Gasteiger partial charge in [-0.1, -0.05) is 26.2 Å². The Hall–Kier alpha value is -1.10. The van der Waals surface area contributed by atoms with E-state index in [0.29, 0.717) is 19.6 Å². The lowest BCUT2D eigenvalue weighted by molar-refractivity contribution is -0.193. The highest BCUT2D eigenvalue weighted by Gasteiger charge is 2.62. The van der Waals surface area contributed by atoms with Gasteiger partial charge in [-0.2, -0.15) is 0 Å². The van der Waals surface area contributed by atoms with Crippen LogP contribution in [-0.4, -0.2) is 47.2 Å². The van der Waals surface area contributed by atoms with Crippen molar-refractivity contribution in [1.82, 2.24) is 4.90 Å². The number of hydrogen-bond donors (Lipinski definition) is 0. The summed E-state index contributed by atoms with van der Waals surface area (Å²) in [5, 5.41) is 0. The molecule has 0 unspecified atom stereocenters. The second-order valence-electron chi connectivity index (χ2n) is 7.32. The molecule has 2 aliphatic heterocycles. The van der Waals surface area contributed by atoms with Gasteiger partial charge in [0, 0.05) is 6.04 Å². The Kier molecular flexibility index (Phi) is 4.68. The van der Waals surface area contributed by atoms with Gasteiger partial charge in [-0.05, 0) is 39.0 Å². The number of rotatable bonds is 4. The third-order valence-corrected chi connectivity index (χ3v) is 6.16. The first-order valence-electron chi connectivity index (χ1n) is 9.20. The molecule has 3 rings (SSSR count). The van der Waals surface area contributed by atoms with Crippen molar-refractivity contribution in [3.05, 3.63) is 0 Å². The predicted octanol–water partition coefficient (Wildman–Crippen LogP) is 2.81. The molecule has 0 aromatic carbocycles. The van der Waals surface area contributed by atoms with Crippen LogP contribution in [0.2, 0.25) is 0 Å². The van der Waals surface area contributed by atoms with Gasteiger partial charge < -0.3 is 9.47 Å². The maximum Gasteiger partial charge on any atom is 0.326 e. The Labute approximate surface area is 138 Å². The molecule has 1 saturated carbocycles. The Morgan fingerprint density at radius 1 is 1.26 bits per heavy atom. The fraction of sp³-hybridized carbons (Fsp3) is 0.889. The van der Waals surface area contributed by atoms with E-state index in [1.165, 1.54) is 19.3 Å². The minimum absolute atomic E-state index is 0.0597. The third kappa shape index (κ3) is 2.67. The van der Waals surface area contributed by atoms with Crippen LogP contribution in [0.15, 0.2) is 0 Å². The Bertz CT molecular complexity index is 472. The summed E-state index contributed by atoms with van der Waals surface area (Å²) >= 11 is 0. The molecule has 0 N–H and O–H groups in total. The first-order valence-corrected chi connectivity index (χ1v) is 9.20. The Balaban J connectivity index is 1.91. The highest BCUT2D eigenvalue weighted by molar-refractivity contribution is 5.83. The van der Waals surface area contributed by atoms with Crippen molar-refractivity contribution in [3.8, 4) is 0 Å². The molecule has 1 aliphatic carbocycles. The molecule has 0 amide bonds. The number of hydrogen-bond acceptors (Lipinski definition) is 5. The molecular weight excluding hydrogens is 294 g/mol. The van der Waals surface area contributed by atoms with Crippen molar-refractivity contribution < 1.29 is 19.1 Å². The van der Waals surface area contributed by atoms with Crippen LogP contribution in [0.4, 0.5) is 0 Å². The van der Waals surface area contributed by atoms with Gasteiger partial charge in [0.25, 0.3) is 0 Å². The summed E-state index contributed by atoms with van der Waals surface area (Å²) in [7, 11) is 0. The third-order valence-electron chi connectivity index (χ3n) is 6.16. The van der Waals surface area contributed by atoms with Crippen LogP contribution in [0, 0.1) is 0 Å². The van der Waals surface area contributed by atoms with Crippen LogP contribution in [0.5, 0.6) is 0 Å². The summed E-state index contributed by atoms with van der Waals surface area (Å²) < 4.78 is 10.9. The van der Waals surface area contributed by atoms with Gasteiger partial charge in [-0.15, -0.1) is 0 Å². The molecule has 5 heteroatoms. The van der Waals surface area contributed by atoms with Gasteiger partial charge in [-0.3, -0.25) is 14.5 Å². The summed E-state index contributed by atoms with van der Waals surface area (Å²) in [5.74, 6) is -0.225. The van der Waals surface area contributed by atoms with Gasteiger partial charge in [0.05, 0.1) is 18.6 Å². The van der Waals surface area contributed by atoms with Crippen molar-refractivity contribution >= 4 is 11.9 Å². The lowest BCUT2D eigenvalue weighted by Crippen LogP contribution is -2.70. The van der Waals surface area contributed by atoms with Crippen LogP contribution < -0.4 is 0 Å². The predicted molar refractivity (Wildman–Crippen MR) is 85.9 cm³/mol. The SMILES string of the molecule is CCOC(=O)C[C@H]1CC[C@]2(CC)C(=O)OCC3(CCCCC3)N12. The summed E-state index contributed by atoms with van der Waals surface area (Å²) in [6, 6.07) is 0.111. The standard InChI is InChI=1S/C18H29NO4/c1-3-18-11-8-14(12-15(20)22-4-2)19(18)17(13-23-16(18)21)9-6-5-7-10-17/h14H,3-13H2,1-2H3/t14-,18-/m1/s1. The molecule has 0 aromatic rings. The van der Waals surface area contributed by atoms with E-state index in [9.17, 15) is 9.59 Å². The summed E-state index contributed by atoms with van der Waals surface area (Å²) in [6.45, 7) is 4.82. The zero-order chi connectivity index (χ0) is 16.5. The van der Waals surface area contributed by atoms with Gasteiger partial charge >= 0.3 is 11.9 Å². The second-order valence-corrected chi connectivity index (χ2v) is 7.32. The van der Waals surface area contributed by atoms with Crippen LogP contribution in [-0.2, 0) is 19.1 Å². The van der Waals surface area contributed by atoms with Crippen LogP contribution in [0.25, 0.3) is 0 Å². The molecule has 5 nitrogen and oxygen atoms in total. The lowest BCUT2D eigenvalue weighted by atomic mass is 9.75. The number of ether oxygens (including phenoxy) is 2.